The summed E-state index contributed by atoms with van der Waals surface area (Å²) in [6, 6.07) is 6.99. The summed E-state index contributed by atoms with van der Waals surface area (Å²) in [6.07, 6.45) is 3.55. The predicted octanol–water partition coefficient (Wildman–Crippen LogP) is 2.35. The number of halogens is 1. The van der Waals surface area contributed by atoms with Crippen LogP contribution < -0.4 is 5.73 Å². The van der Waals surface area contributed by atoms with Gasteiger partial charge in [0.05, 0.1) is 0 Å². The van der Waals surface area contributed by atoms with Crippen molar-refractivity contribution in [1.82, 2.24) is 4.90 Å². The molecule has 0 saturated carbocycles. The van der Waals surface area contributed by atoms with Crippen molar-refractivity contribution in [1.29, 1.82) is 0 Å². The van der Waals surface area contributed by atoms with Crippen LogP contribution in [0.3, 0.4) is 0 Å². The second kappa shape index (κ2) is 6.12. The fourth-order valence-corrected chi connectivity index (χ4v) is 2.55. The first-order valence-corrected chi connectivity index (χ1v) is 6.48. The van der Waals surface area contributed by atoms with E-state index in [0.29, 0.717) is 6.54 Å². The number of hydrogen-bond acceptors (Lipinski definition) is 2. The third-order valence-electron chi connectivity index (χ3n) is 3.62. The number of nitrogens with zero attached hydrogens (tertiary/aromatic N) is 1. The van der Waals surface area contributed by atoms with Gasteiger partial charge in [-0.25, -0.2) is 4.39 Å². The fourth-order valence-electron chi connectivity index (χ4n) is 2.55. The summed E-state index contributed by atoms with van der Waals surface area (Å²) >= 11 is 0. The molecule has 1 aromatic carbocycles. The third kappa shape index (κ3) is 3.27. The van der Waals surface area contributed by atoms with Gasteiger partial charge in [0.1, 0.15) is 5.82 Å². The molecule has 1 saturated heterocycles. The minimum atomic E-state index is -0.121. The van der Waals surface area contributed by atoms with Gasteiger partial charge in [-0.1, -0.05) is 18.2 Å². The largest absolute Gasteiger partial charge is 0.330 e. The molecule has 2 rings (SSSR count). The molecule has 2 nitrogen and oxygen atoms in total. The highest BCUT2D eigenvalue weighted by atomic mass is 19.1. The topological polar surface area (TPSA) is 29.3 Å². The molecule has 1 unspecified atom stereocenters. The van der Waals surface area contributed by atoms with Crippen molar-refractivity contribution in [2.45, 2.75) is 25.2 Å². The summed E-state index contributed by atoms with van der Waals surface area (Å²) in [5.41, 5.74) is 6.55. The Balaban J connectivity index is 1.94. The van der Waals surface area contributed by atoms with Crippen LogP contribution in [-0.2, 0) is 0 Å². The zero-order valence-electron chi connectivity index (χ0n) is 10.2. The van der Waals surface area contributed by atoms with Gasteiger partial charge in [-0.2, -0.15) is 0 Å². The van der Waals surface area contributed by atoms with Crippen molar-refractivity contribution in [3.63, 3.8) is 0 Å². The molecule has 0 spiro atoms. The molecular formula is C14H21FN2. The molecule has 2 N–H and O–H groups in total. The quantitative estimate of drug-likeness (QED) is 0.850. The van der Waals surface area contributed by atoms with Crippen LogP contribution in [0.4, 0.5) is 4.39 Å². The second-order valence-electron chi connectivity index (χ2n) is 4.79. The standard InChI is InChI=1S/C14H21FN2/c15-14-6-2-1-5-13(14)12(11-16)7-10-17-8-3-4-9-17/h1-2,5-6,12H,3-4,7-11,16H2. The Hall–Kier alpha value is -0.930. The molecule has 1 aromatic rings. The van der Waals surface area contributed by atoms with Crippen LogP contribution in [0, 0.1) is 5.82 Å². The number of benzene rings is 1. The molecule has 0 bridgehead atoms. The van der Waals surface area contributed by atoms with Gasteiger partial charge in [0.25, 0.3) is 0 Å². The molecule has 1 atom stereocenters. The lowest BCUT2D eigenvalue weighted by atomic mass is 9.95. The maximum absolute atomic E-state index is 13.7. The molecule has 1 fully saturated rings. The van der Waals surface area contributed by atoms with E-state index in [9.17, 15) is 4.39 Å². The first-order chi connectivity index (χ1) is 8.31. The summed E-state index contributed by atoms with van der Waals surface area (Å²) in [6.45, 7) is 3.94. The normalized spacial score (nSPS) is 18.5. The summed E-state index contributed by atoms with van der Waals surface area (Å²) in [4.78, 5) is 2.45. The lowest BCUT2D eigenvalue weighted by Gasteiger charge is -2.20. The van der Waals surface area contributed by atoms with Crippen molar-refractivity contribution in [2.24, 2.45) is 5.73 Å². The molecule has 0 aromatic heterocycles. The number of rotatable bonds is 5. The van der Waals surface area contributed by atoms with E-state index in [1.165, 1.54) is 32.0 Å². The molecule has 0 radical (unpaired) electrons. The molecule has 3 heteroatoms. The van der Waals surface area contributed by atoms with Crippen LogP contribution >= 0.6 is 0 Å². The maximum atomic E-state index is 13.7. The molecule has 0 aliphatic carbocycles. The molecule has 94 valence electrons. The van der Waals surface area contributed by atoms with E-state index < -0.39 is 0 Å². The van der Waals surface area contributed by atoms with Gasteiger partial charge in [-0.05, 0) is 57.1 Å². The Kier molecular flexibility index (Phi) is 4.51. The van der Waals surface area contributed by atoms with Gasteiger partial charge in [0.15, 0.2) is 0 Å². The minimum absolute atomic E-state index is 0.121. The summed E-state index contributed by atoms with van der Waals surface area (Å²) in [7, 11) is 0. The lowest BCUT2D eigenvalue weighted by molar-refractivity contribution is 0.321. The fraction of sp³-hybridized carbons (Fsp3) is 0.571. The maximum Gasteiger partial charge on any atom is 0.126 e. The van der Waals surface area contributed by atoms with E-state index in [1.807, 2.05) is 12.1 Å². The summed E-state index contributed by atoms with van der Waals surface area (Å²) in [5, 5.41) is 0. The third-order valence-corrected chi connectivity index (χ3v) is 3.62. The number of likely N-dealkylation sites (tertiary alicyclic amines) is 1. The Morgan fingerprint density at radius 3 is 2.59 bits per heavy atom. The van der Waals surface area contributed by atoms with Crippen LogP contribution in [0.5, 0.6) is 0 Å². The Labute approximate surface area is 103 Å². The molecule has 1 heterocycles. The van der Waals surface area contributed by atoms with Crippen molar-refractivity contribution in [3.8, 4) is 0 Å². The van der Waals surface area contributed by atoms with Crippen molar-refractivity contribution < 1.29 is 4.39 Å². The highest BCUT2D eigenvalue weighted by Gasteiger charge is 2.17. The van der Waals surface area contributed by atoms with Crippen molar-refractivity contribution in [3.05, 3.63) is 35.6 Å². The van der Waals surface area contributed by atoms with Gasteiger partial charge in [0, 0.05) is 5.92 Å². The summed E-state index contributed by atoms with van der Waals surface area (Å²) < 4.78 is 13.7. The minimum Gasteiger partial charge on any atom is -0.330 e. The lowest BCUT2D eigenvalue weighted by Crippen LogP contribution is -2.24. The van der Waals surface area contributed by atoms with E-state index in [4.69, 9.17) is 5.73 Å². The average Bonchev–Trinajstić information content (AvgIpc) is 2.85. The van der Waals surface area contributed by atoms with Gasteiger partial charge >= 0.3 is 0 Å². The first-order valence-electron chi connectivity index (χ1n) is 6.48. The van der Waals surface area contributed by atoms with E-state index in [0.717, 1.165) is 18.5 Å². The van der Waals surface area contributed by atoms with Crippen molar-refractivity contribution in [2.75, 3.05) is 26.2 Å². The Morgan fingerprint density at radius 1 is 1.24 bits per heavy atom. The zero-order valence-corrected chi connectivity index (χ0v) is 10.2. The highest BCUT2D eigenvalue weighted by molar-refractivity contribution is 5.22. The summed E-state index contributed by atoms with van der Waals surface area (Å²) in [5.74, 6) is 0.0289. The van der Waals surface area contributed by atoms with Crippen molar-refractivity contribution >= 4 is 0 Å². The SMILES string of the molecule is NCC(CCN1CCCC1)c1ccccc1F. The number of hydrogen-bond donors (Lipinski definition) is 1. The zero-order chi connectivity index (χ0) is 12.1. The van der Waals surface area contributed by atoms with Gasteiger partial charge in [0.2, 0.25) is 0 Å². The van der Waals surface area contributed by atoms with Crippen LogP contribution in [0.15, 0.2) is 24.3 Å². The van der Waals surface area contributed by atoms with Crippen LogP contribution in [-0.4, -0.2) is 31.1 Å². The van der Waals surface area contributed by atoms with E-state index in [2.05, 4.69) is 4.90 Å². The average molecular weight is 236 g/mol. The van der Waals surface area contributed by atoms with Crippen LogP contribution in [0.1, 0.15) is 30.7 Å². The number of nitrogens with two attached hydrogens (primary N) is 1. The first kappa shape index (κ1) is 12.5. The van der Waals surface area contributed by atoms with Gasteiger partial charge in [-0.15, -0.1) is 0 Å². The second-order valence-corrected chi connectivity index (χ2v) is 4.79. The Morgan fingerprint density at radius 2 is 1.94 bits per heavy atom. The molecular weight excluding hydrogens is 215 g/mol. The van der Waals surface area contributed by atoms with Gasteiger partial charge < -0.3 is 10.6 Å². The molecule has 0 amide bonds. The van der Waals surface area contributed by atoms with E-state index in [-0.39, 0.29) is 11.7 Å². The molecule has 1 aliphatic heterocycles. The predicted molar refractivity (Wildman–Crippen MR) is 68.5 cm³/mol. The highest BCUT2D eigenvalue weighted by Crippen LogP contribution is 2.22. The smallest absolute Gasteiger partial charge is 0.126 e. The Bertz CT molecular complexity index is 348. The molecule has 1 aliphatic rings. The monoisotopic (exact) mass is 236 g/mol. The van der Waals surface area contributed by atoms with Crippen LogP contribution in [0.2, 0.25) is 0 Å². The van der Waals surface area contributed by atoms with Gasteiger partial charge in [-0.3, -0.25) is 0 Å². The van der Waals surface area contributed by atoms with Crippen LogP contribution in [0.25, 0.3) is 0 Å². The van der Waals surface area contributed by atoms with E-state index in [1.54, 1.807) is 6.07 Å². The molecule has 17 heavy (non-hydrogen) atoms. The van der Waals surface area contributed by atoms with E-state index >= 15 is 0 Å².